The van der Waals surface area contributed by atoms with Gasteiger partial charge in [-0.25, -0.2) is 4.79 Å². The van der Waals surface area contributed by atoms with Crippen LogP contribution in [0.4, 0.5) is 0 Å². The van der Waals surface area contributed by atoms with Gasteiger partial charge in [0.25, 0.3) is 0 Å². The number of para-hydroxylation sites is 1. The number of esters is 1. The zero-order valence-corrected chi connectivity index (χ0v) is 13.2. The van der Waals surface area contributed by atoms with Crippen LogP contribution < -0.4 is 4.74 Å². The maximum absolute atomic E-state index is 12.1. The van der Waals surface area contributed by atoms with Gasteiger partial charge < -0.3 is 14.3 Å². The van der Waals surface area contributed by atoms with E-state index in [2.05, 4.69) is 5.16 Å². The van der Waals surface area contributed by atoms with Gasteiger partial charge in [-0.3, -0.25) is 0 Å². The van der Waals surface area contributed by atoms with E-state index in [1.807, 2.05) is 48.5 Å². The van der Waals surface area contributed by atoms with Gasteiger partial charge in [0.1, 0.15) is 19.5 Å². The molecule has 5 heteroatoms. The minimum Gasteiger partial charge on any atom is -0.489 e. The van der Waals surface area contributed by atoms with Crippen molar-refractivity contribution in [3.8, 4) is 5.75 Å². The summed E-state index contributed by atoms with van der Waals surface area (Å²) in [4.78, 5) is 16.9. The molecule has 0 atom stereocenters. The largest absolute Gasteiger partial charge is 0.489 e. The predicted octanol–water partition coefficient (Wildman–Crippen LogP) is 3.18. The van der Waals surface area contributed by atoms with Crippen molar-refractivity contribution in [1.82, 2.24) is 0 Å². The maximum Gasteiger partial charge on any atom is 0.361 e. The highest BCUT2D eigenvalue weighted by Crippen LogP contribution is 2.16. The zero-order chi connectivity index (χ0) is 16.5. The van der Waals surface area contributed by atoms with Gasteiger partial charge in [0.2, 0.25) is 0 Å². The van der Waals surface area contributed by atoms with Crippen LogP contribution >= 0.6 is 0 Å². The molecule has 0 radical (unpaired) electrons. The molecule has 0 unspecified atom stereocenters. The topological polar surface area (TPSA) is 57.1 Å². The lowest BCUT2D eigenvalue weighted by atomic mass is 10.0. The first-order valence-electron chi connectivity index (χ1n) is 7.30. The number of ether oxygens (including phenoxy) is 2. The fourth-order valence-electron chi connectivity index (χ4n) is 2.04. The van der Waals surface area contributed by atoms with Crippen molar-refractivity contribution in [2.24, 2.45) is 5.16 Å². The molecule has 0 saturated heterocycles. The Labute approximate surface area is 135 Å². The second-order valence-electron chi connectivity index (χ2n) is 4.60. The molecular formula is C18H19NO4. The number of hydrogen-bond acceptors (Lipinski definition) is 5. The molecule has 2 aromatic carbocycles. The Bertz CT molecular complexity index is 668. The lowest BCUT2D eigenvalue weighted by Gasteiger charge is -2.12. The summed E-state index contributed by atoms with van der Waals surface area (Å²) < 4.78 is 10.8. The molecule has 0 aliphatic rings. The Balaban J connectivity index is 2.24. The number of benzene rings is 2. The molecule has 2 rings (SSSR count). The summed E-state index contributed by atoms with van der Waals surface area (Å²) in [7, 11) is 1.39. The van der Waals surface area contributed by atoms with Crippen LogP contribution in [-0.4, -0.2) is 25.4 Å². The third kappa shape index (κ3) is 4.57. The fraction of sp³-hybridized carbons (Fsp3) is 0.222. The first-order valence-corrected chi connectivity index (χ1v) is 7.30. The SMILES string of the molecule is CCOC(=O)C(=NOC)c1ccccc1COc1ccccc1. The van der Waals surface area contributed by atoms with Crippen LogP contribution in [0.25, 0.3) is 0 Å². The summed E-state index contributed by atoms with van der Waals surface area (Å²) in [6, 6.07) is 16.8. The number of nitrogens with zero attached hydrogens (tertiary/aromatic N) is 1. The van der Waals surface area contributed by atoms with Crippen molar-refractivity contribution in [2.45, 2.75) is 13.5 Å². The van der Waals surface area contributed by atoms with Gasteiger partial charge >= 0.3 is 5.97 Å². The van der Waals surface area contributed by atoms with Crippen LogP contribution in [0, 0.1) is 0 Å². The number of carbonyl (C=O) groups excluding carboxylic acids is 1. The third-order valence-electron chi connectivity index (χ3n) is 3.06. The molecule has 0 aliphatic carbocycles. The molecule has 0 heterocycles. The highest BCUT2D eigenvalue weighted by Gasteiger charge is 2.19. The van der Waals surface area contributed by atoms with Crippen molar-refractivity contribution in [1.29, 1.82) is 0 Å². The van der Waals surface area contributed by atoms with Crippen molar-refractivity contribution >= 4 is 11.7 Å². The molecule has 23 heavy (non-hydrogen) atoms. The highest BCUT2D eigenvalue weighted by molar-refractivity contribution is 6.43. The molecule has 2 aromatic rings. The van der Waals surface area contributed by atoms with Crippen molar-refractivity contribution in [2.75, 3.05) is 13.7 Å². The van der Waals surface area contributed by atoms with E-state index in [0.717, 1.165) is 11.3 Å². The number of hydrogen-bond donors (Lipinski definition) is 0. The molecule has 0 spiro atoms. The highest BCUT2D eigenvalue weighted by atomic mass is 16.6. The minimum absolute atomic E-state index is 0.126. The maximum atomic E-state index is 12.1. The van der Waals surface area contributed by atoms with Crippen molar-refractivity contribution in [3.63, 3.8) is 0 Å². The van der Waals surface area contributed by atoms with Crippen LogP contribution in [-0.2, 0) is 21.0 Å². The molecule has 120 valence electrons. The van der Waals surface area contributed by atoms with E-state index >= 15 is 0 Å². The predicted molar refractivity (Wildman–Crippen MR) is 87.4 cm³/mol. The van der Waals surface area contributed by atoms with Crippen LogP contribution in [0.3, 0.4) is 0 Å². The second-order valence-corrected chi connectivity index (χ2v) is 4.60. The lowest BCUT2D eigenvalue weighted by Crippen LogP contribution is -2.21. The fourth-order valence-corrected chi connectivity index (χ4v) is 2.04. The normalized spacial score (nSPS) is 11.0. The van der Waals surface area contributed by atoms with E-state index in [1.165, 1.54) is 7.11 Å². The van der Waals surface area contributed by atoms with Crippen LogP contribution in [0.5, 0.6) is 5.75 Å². The van der Waals surface area contributed by atoms with E-state index in [0.29, 0.717) is 12.2 Å². The molecule has 0 aromatic heterocycles. The number of rotatable bonds is 7. The lowest BCUT2D eigenvalue weighted by molar-refractivity contribution is -0.135. The van der Waals surface area contributed by atoms with Gasteiger partial charge in [0, 0.05) is 5.56 Å². The summed E-state index contributed by atoms with van der Waals surface area (Å²) in [6.07, 6.45) is 0. The molecule has 0 N–H and O–H groups in total. The summed E-state index contributed by atoms with van der Waals surface area (Å²) in [5, 5.41) is 3.82. The average molecular weight is 313 g/mol. The van der Waals surface area contributed by atoms with Crippen LogP contribution in [0.1, 0.15) is 18.1 Å². The molecule has 0 fully saturated rings. The van der Waals surface area contributed by atoms with Gasteiger partial charge in [-0.15, -0.1) is 0 Å². The van der Waals surface area contributed by atoms with Gasteiger partial charge in [-0.05, 0) is 24.6 Å². The number of oxime groups is 1. The van der Waals surface area contributed by atoms with E-state index in [-0.39, 0.29) is 12.3 Å². The van der Waals surface area contributed by atoms with Gasteiger partial charge in [0.05, 0.1) is 6.61 Å². The summed E-state index contributed by atoms with van der Waals surface area (Å²) in [5.41, 5.74) is 1.57. The van der Waals surface area contributed by atoms with E-state index < -0.39 is 5.97 Å². The average Bonchev–Trinajstić information content (AvgIpc) is 2.59. The second kappa shape index (κ2) is 8.58. The monoisotopic (exact) mass is 313 g/mol. The van der Waals surface area contributed by atoms with Crippen LogP contribution in [0.2, 0.25) is 0 Å². The molecular weight excluding hydrogens is 294 g/mol. The smallest absolute Gasteiger partial charge is 0.361 e. The Morgan fingerprint density at radius 2 is 1.74 bits per heavy atom. The molecule has 0 amide bonds. The Hall–Kier alpha value is -2.82. The van der Waals surface area contributed by atoms with Gasteiger partial charge in [-0.1, -0.05) is 47.6 Å². The quantitative estimate of drug-likeness (QED) is 0.447. The Morgan fingerprint density at radius 1 is 1.04 bits per heavy atom. The molecule has 0 bridgehead atoms. The zero-order valence-electron chi connectivity index (χ0n) is 13.2. The van der Waals surface area contributed by atoms with Crippen molar-refractivity contribution < 1.29 is 19.1 Å². The Kier molecular flexibility index (Phi) is 6.17. The molecule has 0 saturated carbocycles. The molecule has 0 aliphatic heterocycles. The van der Waals surface area contributed by atoms with Crippen molar-refractivity contribution in [3.05, 3.63) is 65.7 Å². The first-order chi connectivity index (χ1) is 11.3. The standard InChI is InChI=1S/C18H19NO4/c1-3-22-18(20)17(19-21-2)16-12-8-7-9-14(16)13-23-15-10-5-4-6-11-15/h4-12H,3,13H2,1-2H3. The Morgan fingerprint density at radius 3 is 2.43 bits per heavy atom. The number of carbonyl (C=O) groups is 1. The summed E-state index contributed by atoms with van der Waals surface area (Å²) in [6.45, 7) is 2.32. The summed E-state index contributed by atoms with van der Waals surface area (Å²) in [5.74, 6) is 0.227. The van der Waals surface area contributed by atoms with Gasteiger partial charge in [-0.2, -0.15) is 0 Å². The van der Waals surface area contributed by atoms with E-state index in [9.17, 15) is 4.79 Å². The minimum atomic E-state index is -0.526. The first kappa shape index (κ1) is 16.5. The van der Waals surface area contributed by atoms with E-state index in [1.54, 1.807) is 13.0 Å². The van der Waals surface area contributed by atoms with Crippen LogP contribution in [0.15, 0.2) is 59.8 Å². The van der Waals surface area contributed by atoms with E-state index in [4.69, 9.17) is 14.3 Å². The third-order valence-corrected chi connectivity index (χ3v) is 3.06. The summed E-state index contributed by atoms with van der Waals surface area (Å²) >= 11 is 0. The molecule has 5 nitrogen and oxygen atoms in total. The van der Waals surface area contributed by atoms with Gasteiger partial charge in [0.15, 0.2) is 5.71 Å².